The van der Waals surface area contributed by atoms with Crippen LogP contribution in [0.25, 0.3) is 0 Å². The van der Waals surface area contributed by atoms with Crippen LogP contribution in [0, 0.1) is 18.3 Å². The lowest BCUT2D eigenvalue weighted by Gasteiger charge is -2.32. The minimum Gasteiger partial charge on any atom is -0.399 e. The molecule has 1 aromatic rings. The zero-order valence-electron chi connectivity index (χ0n) is 11.0. The van der Waals surface area contributed by atoms with Crippen LogP contribution in [-0.2, 0) is 9.31 Å². The quantitative estimate of drug-likeness (QED) is 0.428. The third-order valence-electron chi connectivity index (χ3n) is 3.54. The van der Waals surface area contributed by atoms with E-state index in [1.807, 2.05) is 27.7 Å². The number of pyridine rings is 1. The molecule has 0 radical (unpaired) electrons. The summed E-state index contributed by atoms with van der Waals surface area (Å²) in [5, 5.41) is 0. The molecule has 0 spiro atoms. The van der Waals surface area contributed by atoms with Crippen molar-refractivity contribution in [1.29, 1.82) is 0 Å². The van der Waals surface area contributed by atoms with Gasteiger partial charge in [0.1, 0.15) is 5.69 Å². The molecule has 3 nitrogen and oxygen atoms in total. The number of hydrogen-bond donors (Lipinski definition) is 0. The summed E-state index contributed by atoms with van der Waals surface area (Å²) >= 11 is 0. The van der Waals surface area contributed by atoms with Crippen LogP contribution in [0.3, 0.4) is 0 Å². The summed E-state index contributed by atoms with van der Waals surface area (Å²) < 4.78 is 24.7. The zero-order chi connectivity index (χ0) is 13.6. The number of rotatable bonds is 1. The van der Waals surface area contributed by atoms with E-state index in [1.165, 1.54) is 6.07 Å². The standard InChI is InChI=1S/C13H15BFNO2/c1-6-10-9(7-8-11(15)16-10)14-17-12(2,3)13(4,5)18-14/h1,7-8H,2-5H3. The van der Waals surface area contributed by atoms with E-state index in [4.69, 9.17) is 15.7 Å². The summed E-state index contributed by atoms with van der Waals surface area (Å²) in [6.07, 6.45) is 5.33. The van der Waals surface area contributed by atoms with Crippen LogP contribution < -0.4 is 5.46 Å². The predicted molar refractivity (Wildman–Crippen MR) is 67.8 cm³/mol. The molecule has 1 saturated heterocycles. The molecule has 0 atom stereocenters. The molecule has 0 aliphatic carbocycles. The highest BCUT2D eigenvalue weighted by molar-refractivity contribution is 6.62. The van der Waals surface area contributed by atoms with E-state index in [2.05, 4.69) is 10.9 Å². The number of terminal acetylenes is 1. The first-order chi connectivity index (χ1) is 8.27. The van der Waals surface area contributed by atoms with Crippen LogP contribution in [0.1, 0.15) is 33.4 Å². The van der Waals surface area contributed by atoms with Crippen molar-refractivity contribution in [2.75, 3.05) is 0 Å². The molecular weight excluding hydrogens is 232 g/mol. The van der Waals surface area contributed by atoms with Crippen molar-refractivity contribution in [1.82, 2.24) is 4.98 Å². The highest BCUT2D eigenvalue weighted by Gasteiger charge is 2.52. The Kier molecular flexibility index (Phi) is 2.96. The maximum atomic E-state index is 13.0. The fourth-order valence-electron chi connectivity index (χ4n) is 1.72. The monoisotopic (exact) mass is 247 g/mol. The summed E-state index contributed by atoms with van der Waals surface area (Å²) in [6.45, 7) is 7.78. The predicted octanol–water partition coefficient (Wildman–Crippen LogP) is 1.50. The van der Waals surface area contributed by atoms with Gasteiger partial charge in [-0.15, -0.1) is 6.42 Å². The van der Waals surface area contributed by atoms with Crippen molar-refractivity contribution < 1.29 is 13.7 Å². The van der Waals surface area contributed by atoms with Gasteiger partial charge in [-0.2, -0.15) is 4.39 Å². The third-order valence-corrected chi connectivity index (χ3v) is 3.54. The number of hydrogen-bond acceptors (Lipinski definition) is 3. The van der Waals surface area contributed by atoms with Gasteiger partial charge in [0.15, 0.2) is 0 Å². The van der Waals surface area contributed by atoms with Crippen molar-refractivity contribution in [2.24, 2.45) is 0 Å². The van der Waals surface area contributed by atoms with E-state index in [0.717, 1.165) is 0 Å². The summed E-state index contributed by atoms with van der Waals surface area (Å²) in [5.41, 5.74) is -0.124. The second-order valence-corrected chi connectivity index (χ2v) is 5.30. The molecule has 2 heterocycles. The molecule has 0 amide bonds. The summed E-state index contributed by atoms with van der Waals surface area (Å²) in [4.78, 5) is 3.67. The van der Waals surface area contributed by atoms with Crippen LogP contribution in [0.15, 0.2) is 12.1 Å². The second kappa shape index (κ2) is 4.08. The Morgan fingerprint density at radius 1 is 1.22 bits per heavy atom. The maximum absolute atomic E-state index is 13.0. The number of aromatic nitrogens is 1. The van der Waals surface area contributed by atoms with Crippen LogP contribution in [0.4, 0.5) is 4.39 Å². The van der Waals surface area contributed by atoms with Crippen molar-refractivity contribution in [3.8, 4) is 12.3 Å². The van der Waals surface area contributed by atoms with Crippen LogP contribution in [0.5, 0.6) is 0 Å². The van der Waals surface area contributed by atoms with Crippen LogP contribution >= 0.6 is 0 Å². The van der Waals surface area contributed by atoms with E-state index in [1.54, 1.807) is 6.07 Å². The Labute approximate surface area is 107 Å². The Hall–Kier alpha value is -1.38. The third kappa shape index (κ3) is 2.02. The lowest BCUT2D eigenvalue weighted by Crippen LogP contribution is -2.41. The Balaban J connectivity index is 2.39. The lowest BCUT2D eigenvalue weighted by atomic mass is 9.78. The van der Waals surface area contributed by atoms with Gasteiger partial charge in [-0.3, -0.25) is 0 Å². The van der Waals surface area contributed by atoms with Gasteiger partial charge in [0.2, 0.25) is 5.95 Å². The fraction of sp³-hybridized carbons (Fsp3) is 0.462. The van der Waals surface area contributed by atoms with Gasteiger partial charge in [-0.1, -0.05) is 12.0 Å². The molecule has 5 heteroatoms. The van der Waals surface area contributed by atoms with E-state index >= 15 is 0 Å². The molecule has 1 aliphatic rings. The first-order valence-corrected chi connectivity index (χ1v) is 5.75. The molecule has 1 fully saturated rings. The highest BCUT2D eigenvalue weighted by atomic mass is 19.1. The highest BCUT2D eigenvalue weighted by Crippen LogP contribution is 2.36. The molecule has 0 bridgehead atoms. The lowest BCUT2D eigenvalue weighted by molar-refractivity contribution is 0.00578. The van der Waals surface area contributed by atoms with Gasteiger partial charge in [0.25, 0.3) is 0 Å². The van der Waals surface area contributed by atoms with E-state index in [-0.39, 0.29) is 5.69 Å². The molecule has 18 heavy (non-hydrogen) atoms. The number of nitrogens with zero attached hydrogens (tertiary/aromatic N) is 1. The molecular formula is C13H15BFNO2. The zero-order valence-corrected chi connectivity index (χ0v) is 11.0. The Morgan fingerprint density at radius 3 is 2.28 bits per heavy atom. The largest absolute Gasteiger partial charge is 0.497 e. The van der Waals surface area contributed by atoms with Gasteiger partial charge in [0, 0.05) is 5.46 Å². The molecule has 0 N–H and O–H groups in total. The SMILES string of the molecule is C#Cc1nc(F)ccc1B1OC(C)(C)C(C)(C)O1. The van der Waals surface area contributed by atoms with E-state index in [0.29, 0.717) is 5.46 Å². The minimum atomic E-state index is -0.617. The minimum absolute atomic E-state index is 0.216. The smallest absolute Gasteiger partial charge is 0.399 e. The Morgan fingerprint density at radius 2 is 1.78 bits per heavy atom. The van der Waals surface area contributed by atoms with Gasteiger partial charge < -0.3 is 9.31 Å². The van der Waals surface area contributed by atoms with Crippen molar-refractivity contribution in [2.45, 2.75) is 38.9 Å². The number of halogens is 1. The van der Waals surface area contributed by atoms with Crippen molar-refractivity contribution in [3.05, 3.63) is 23.8 Å². The summed E-state index contributed by atoms with van der Waals surface area (Å²) in [5.74, 6) is 1.75. The fourth-order valence-corrected chi connectivity index (χ4v) is 1.72. The van der Waals surface area contributed by atoms with Gasteiger partial charge in [-0.25, -0.2) is 4.98 Å². The Bertz CT molecular complexity index is 506. The van der Waals surface area contributed by atoms with Crippen LogP contribution in [0.2, 0.25) is 0 Å². The second-order valence-electron chi connectivity index (χ2n) is 5.30. The molecule has 0 saturated carbocycles. The first-order valence-electron chi connectivity index (χ1n) is 5.75. The van der Waals surface area contributed by atoms with Gasteiger partial charge >= 0.3 is 7.12 Å². The molecule has 0 unspecified atom stereocenters. The van der Waals surface area contributed by atoms with E-state index < -0.39 is 24.3 Å². The van der Waals surface area contributed by atoms with Crippen molar-refractivity contribution in [3.63, 3.8) is 0 Å². The molecule has 94 valence electrons. The average molecular weight is 247 g/mol. The maximum Gasteiger partial charge on any atom is 0.497 e. The first kappa shape index (κ1) is 13.1. The topological polar surface area (TPSA) is 31.4 Å². The normalized spacial score (nSPS) is 20.8. The molecule has 2 rings (SSSR count). The van der Waals surface area contributed by atoms with Gasteiger partial charge in [0.05, 0.1) is 11.2 Å². The summed E-state index contributed by atoms with van der Waals surface area (Å²) in [6, 6.07) is 2.81. The van der Waals surface area contributed by atoms with Crippen molar-refractivity contribution >= 4 is 12.6 Å². The van der Waals surface area contributed by atoms with Crippen LogP contribution in [-0.4, -0.2) is 23.3 Å². The molecule has 1 aromatic heterocycles. The molecule has 0 aromatic carbocycles. The van der Waals surface area contributed by atoms with Gasteiger partial charge in [-0.05, 0) is 33.8 Å². The average Bonchev–Trinajstić information content (AvgIpc) is 2.47. The van der Waals surface area contributed by atoms with E-state index in [9.17, 15) is 4.39 Å². The summed E-state index contributed by atoms with van der Waals surface area (Å²) in [7, 11) is -0.617. The molecule has 1 aliphatic heterocycles.